The molecule has 0 aliphatic rings. The normalized spacial score (nSPS) is 10.5. The Labute approximate surface area is 127 Å². The third kappa shape index (κ3) is 7.02. The highest BCUT2D eigenvalue weighted by atomic mass is 16.3. The standard InChI is InChI=1S/C17H28N2O2/c1-2-3-4-5-6-7-8-9-12-19-17(21)15-13-14(20)10-11-16(15)18/h10-11,13,20H,2-9,12,18H2,1H3,(H,19,21). The number of carbonyl (C=O) groups excluding carboxylic acids is 1. The highest BCUT2D eigenvalue weighted by Gasteiger charge is 2.09. The Bertz CT molecular complexity index is 433. The number of phenolic OH excluding ortho intramolecular Hbond substituents is 1. The summed E-state index contributed by atoms with van der Waals surface area (Å²) in [5.74, 6) is -0.159. The van der Waals surface area contributed by atoms with Gasteiger partial charge in [-0.1, -0.05) is 51.9 Å². The van der Waals surface area contributed by atoms with Crippen LogP contribution in [0, 0.1) is 0 Å². The number of benzene rings is 1. The second kappa shape index (κ2) is 10.1. The van der Waals surface area contributed by atoms with Crippen LogP contribution in [-0.4, -0.2) is 17.6 Å². The van der Waals surface area contributed by atoms with E-state index in [4.69, 9.17) is 5.73 Å². The lowest BCUT2D eigenvalue weighted by Gasteiger charge is -2.08. The second-order valence-corrected chi connectivity index (χ2v) is 5.50. The number of hydrogen-bond acceptors (Lipinski definition) is 3. The molecular formula is C17H28N2O2. The minimum atomic E-state index is -0.216. The first-order chi connectivity index (χ1) is 10.1. The molecule has 0 fully saturated rings. The zero-order valence-corrected chi connectivity index (χ0v) is 13.0. The van der Waals surface area contributed by atoms with Crippen molar-refractivity contribution < 1.29 is 9.90 Å². The number of amides is 1. The molecule has 0 saturated carbocycles. The van der Waals surface area contributed by atoms with E-state index in [9.17, 15) is 9.90 Å². The number of carbonyl (C=O) groups is 1. The van der Waals surface area contributed by atoms with Crippen LogP contribution in [0.4, 0.5) is 5.69 Å². The van der Waals surface area contributed by atoms with Gasteiger partial charge in [0.05, 0.1) is 5.56 Å². The van der Waals surface area contributed by atoms with E-state index < -0.39 is 0 Å². The summed E-state index contributed by atoms with van der Waals surface area (Å²) in [6, 6.07) is 4.42. The quantitative estimate of drug-likeness (QED) is 0.348. The molecule has 0 saturated heterocycles. The molecule has 1 aromatic carbocycles. The number of nitrogen functional groups attached to an aromatic ring is 1. The fourth-order valence-electron chi connectivity index (χ4n) is 2.30. The van der Waals surface area contributed by atoms with Gasteiger partial charge < -0.3 is 16.2 Å². The first-order valence-corrected chi connectivity index (χ1v) is 8.02. The van der Waals surface area contributed by atoms with Gasteiger partial charge in [0.1, 0.15) is 5.75 Å². The van der Waals surface area contributed by atoms with Crippen molar-refractivity contribution in [1.29, 1.82) is 0 Å². The Kier molecular flexibility index (Phi) is 8.32. The van der Waals surface area contributed by atoms with Crippen molar-refractivity contribution in [3.05, 3.63) is 23.8 Å². The molecule has 4 N–H and O–H groups in total. The van der Waals surface area contributed by atoms with Crippen LogP contribution >= 0.6 is 0 Å². The van der Waals surface area contributed by atoms with Gasteiger partial charge in [-0.3, -0.25) is 4.79 Å². The van der Waals surface area contributed by atoms with Crippen molar-refractivity contribution in [2.45, 2.75) is 58.3 Å². The number of nitrogens with one attached hydrogen (secondary N) is 1. The number of anilines is 1. The molecule has 0 aliphatic heterocycles. The molecule has 4 nitrogen and oxygen atoms in total. The van der Waals surface area contributed by atoms with Crippen molar-refractivity contribution in [3.8, 4) is 5.75 Å². The Morgan fingerprint density at radius 1 is 1.10 bits per heavy atom. The smallest absolute Gasteiger partial charge is 0.253 e. The van der Waals surface area contributed by atoms with Crippen molar-refractivity contribution >= 4 is 11.6 Å². The van der Waals surface area contributed by atoms with E-state index in [1.165, 1.54) is 50.7 Å². The van der Waals surface area contributed by atoms with E-state index in [1.54, 1.807) is 6.07 Å². The summed E-state index contributed by atoms with van der Waals surface area (Å²) in [6.45, 7) is 2.88. The summed E-state index contributed by atoms with van der Waals surface area (Å²) in [7, 11) is 0. The number of unbranched alkanes of at least 4 members (excludes halogenated alkanes) is 7. The molecule has 1 rings (SSSR count). The van der Waals surface area contributed by atoms with E-state index in [0.29, 0.717) is 17.8 Å². The van der Waals surface area contributed by atoms with Gasteiger partial charge in [0.25, 0.3) is 5.91 Å². The van der Waals surface area contributed by atoms with Crippen molar-refractivity contribution in [2.75, 3.05) is 12.3 Å². The zero-order chi connectivity index (χ0) is 15.5. The lowest BCUT2D eigenvalue weighted by molar-refractivity contribution is 0.0953. The Balaban J connectivity index is 2.12. The number of phenols is 1. The molecule has 1 amide bonds. The fourth-order valence-corrected chi connectivity index (χ4v) is 2.30. The van der Waals surface area contributed by atoms with Crippen LogP contribution in [0.2, 0.25) is 0 Å². The maximum absolute atomic E-state index is 11.9. The number of aromatic hydroxyl groups is 1. The number of hydrogen-bond donors (Lipinski definition) is 3. The highest BCUT2D eigenvalue weighted by Crippen LogP contribution is 2.18. The molecule has 0 unspecified atom stereocenters. The van der Waals surface area contributed by atoms with Gasteiger partial charge >= 0.3 is 0 Å². The van der Waals surface area contributed by atoms with Gasteiger partial charge in [-0.25, -0.2) is 0 Å². The Morgan fingerprint density at radius 2 is 1.71 bits per heavy atom. The molecule has 0 aliphatic carbocycles. The van der Waals surface area contributed by atoms with E-state index >= 15 is 0 Å². The van der Waals surface area contributed by atoms with Crippen LogP contribution in [-0.2, 0) is 0 Å². The molecule has 0 aromatic heterocycles. The molecule has 21 heavy (non-hydrogen) atoms. The van der Waals surface area contributed by atoms with E-state index in [1.807, 2.05) is 0 Å². The van der Waals surface area contributed by atoms with Crippen LogP contribution in [0.1, 0.15) is 68.6 Å². The Morgan fingerprint density at radius 3 is 2.38 bits per heavy atom. The van der Waals surface area contributed by atoms with Gasteiger partial charge in [-0.15, -0.1) is 0 Å². The molecular weight excluding hydrogens is 264 g/mol. The third-order valence-corrected chi connectivity index (χ3v) is 3.60. The van der Waals surface area contributed by atoms with E-state index in [2.05, 4.69) is 12.2 Å². The predicted molar refractivity (Wildman–Crippen MR) is 87.5 cm³/mol. The second-order valence-electron chi connectivity index (χ2n) is 5.50. The van der Waals surface area contributed by atoms with Crippen LogP contribution in [0.15, 0.2) is 18.2 Å². The highest BCUT2D eigenvalue weighted by molar-refractivity contribution is 5.99. The van der Waals surface area contributed by atoms with Crippen LogP contribution in [0.3, 0.4) is 0 Å². The van der Waals surface area contributed by atoms with E-state index in [-0.39, 0.29) is 11.7 Å². The topological polar surface area (TPSA) is 75.3 Å². The van der Waals surface area contributed by atoms with Crippen LogP contribution in [0.5, 0.6) is 5.75 Å². The molecule has 1 aromatic rings. The predicted octanol–water partition coefficient (Wildman–Crippen LogP) is 3.84. The summed E-state index contributed by atoms with van der Waals surface area (Å²) >= 11 is 0. The summed E-state index contributed by atoms with van der Waals surface area (Å²) in [6.07, 6.45) is 9.91. The van der Waals surface area contributed by atoms with Crippen LogP contribution in [0.25, 0.3) is 0 Å². The number of rotatable bonds is 10. The lowest BCUT2D eigenvalue weighted by atomic mass is 10.1. The number of nitrogens with two attached hydrogens (primary N) is 1. The van der Waals surface area contributed by atoms with E-state index in [0.717, 1.165) is 12.8 Å². The third-order valence-electron chi connectivity index (χ3n) is 3.60. The maximum atomic E-state index is 11.9. The molecule has 0 bridgehead atoms. The van der Waals surface area contributed by atoms with Gasteiger partial charge in [0.15, 0.2) is 0 Å². The first kappa shape index (κ1) is 17.3. The SMILES string of the molecule is CCCCCCCCCCNC(=O)c1cc(O)ccc1N. The van der Waals surface area contributed by atoms with Gasteiger partial charge in [-0.05, 0) is 24.6 Å². The molecule has 0 heterocycles. The van der Waals surface area contributed by atoms with Crippen molar-refractivity contribution in [2.24, 2.45) is 0 Å². The largest absolute Gasteiger partial charge is 0.508 e. The molecule has 0 radical (unpaired) electrons. The Hall–Kier alpha value is -1.71. The summed E-state index contributed by atoms with van der Waals surface area (Å²) in [4.78, 5) is 11.9. The van der Waals surface area contributed by atoms with Crippen molar-refractivity contribution in [3.63, 3.8) is 0 Å². The van der Waals surface area contributed by atoms with Crippen molar-refractivity contribution in [1.82, 2.24) is 5.32 Å². The minimum absolute atomic E-state index is 0.0569. The lowest BCUT2D eigenvalue weighted by Crippen LogP contribution is -2.25. The van der Waals surface area contributed by atoms with Gasteiger partial charge in [0.2, 0.25) is 0 Å². The first-order valence-electron chi connectivity index (χ1n) is 8.02. The van der Waals surface area contributed by atoms with Gasteiger partial charge in [0, 0.05) is 12.2 Å². The van der Waals surface area contributed by atoms with Crippen LogP contribution < -0.4 is 11.1 Å². The molecule has 0 atom stereocenters. The summed E-state index contributed by atoms with van der Waals surface area (Å²) in [5.41, 5.74) is 6.46. The monoisotopic (exact) mass is 292 g/mol. The fraction of sp³-hybridized carbons (Fsp3) is 0.588. The molecule has 4 heteroatoms. The minimum Gasteiger partial charge on any atom is -0.508 e. The summed E-state index contributed by atoms with van der Waals surface area (Å²) in [5, 5.41) is 12.2. The zero-order valence-electron chi connectivity index (χ0n) is 13.0. The summed E-state index contributed by atoms with van der Waals surface area (Å²) < 4.78 is 0. The average molecular weight is 292 g/mol. The average Bonchev–Trinajstić information content (AvgIpc) is 2.48. The maximum Gasteiger partial charge on any atom is 0.253 e. The molecule has 118 valence electrons. The van der Waals surface area contributed by atoms with Gasteiger partial charge in [-0.2, -0.15) is 0 Å². The molecule has 0 spiro atoms.